The molecule has 0 amide bonds. The van der Waals surface area contributed by atoms with Crippen LogP contribution in [0.5, 0.6) is 11.5 Å². The largest absolute Gasteiger partial charge is 0.491 e. The Bertz CT molecular complexity index is 1370. The third-order valence-corrected chi connectivity index (χ3v) is 6.82. The number of halogens is 1. The van der Waals surface area contributed by atoms with Crippen LogP contribution in [0.2, 0.25) is 5.02 Å². The molecule has 2 aromatic carbocycles. The zero-order valence-electron chi connectivity index (χ0n) is 21.1. The van der Waals surface area contributed by atoms with Gasteiger partial charge < -0.3 is 9.47 Å². The Morgan fingerprint density at radius 2 is 1.83 bits per heavy atom. The second-order valence-corrected chi connectivity index (χ2v) is 11.7. The molecule has 0 unspecified atom stereocenters. The van der Waals surface area contributed by atoms with Gasteiger partial charge >= 0.3 is 0 Å². The molecule has 0 bridgehead atoms. The second kappa shape index (κ2) is 11.3. The number of nitrogens with zero attached hydrogens (tertiary/aromatic N) is 3. The van der Waals surface area contributed by atoms with E-state index in [1.54, 1.807) is 6.07 Å². The van der Waals surface area contributed by atoms with Gasteiger partial charge in [0, 0.05) is 17.9 Å². The van der Waals surface area contributed by atoms with Gasteiger partial charge in [-0.15, -0.1) is 0 Å². The molecule has 9 heteroatoms. The predicted molar refractivity (Wildman–Crippen MR) is 140 cm³/mol. The van der Waals surface area contributed by atoms with Crippen LogP contribution >= 0.6 is 11.6 Å². The third-order valence-electron chi connectivity index (χ3n) is 5.76. The topological polar surface area (TPSA) is 102 Å². The van der Waals surface area contributed by atoms with Crippen molar-refractivity contribution in [1.82, 2.24) is 9.97 Å². The van der Waals surface area contributed by atoms with Crippen molar-refractivity contribution >= 4 is 21.4 Å². The van der Waals surface area contributed by atoms with E-state index >= 15 is 0 Å². The first-order valence-electron chi connectivity index (χ1n) is 11.6. The van der Waals surface area contributed by atoms with Crippen LogP contribution in [-0.4, -0.2) is 31.2 Å². The molecule has 0 radical (unpaired) electrons. The van der Waals surface area contributed by atoms with Gasteiger partial charge in [-0.2, -0.15) is 5.26 Å². The van der Waals surface area contributed by atoms with E-state index in [4.69, 9.17) is 21.1 Å². The van der Waals surface area contributed by atoms with Gasteiger partial charge in [0.15, 0.2) is 15.6 Å². The summed E-state index contributed by atoms with van der Waals surface area (Å²) in [7, 11) is -3.23. The minimum atomic E-state index is -3.23. The zero-order chi connectivity index (χ0) is 26.5. The van der Waals surface area contributed by atoms with Crippen LogP contribution in [0.3, 0.4) is 0 Å². The van der Waals surface area contributed by atoms with Crippen LogP contribution in [0.1, 0.15) is 68.4 Å². The summed E-state index contributed by atoms with van der Waals surface area (Å²) < 4.78 is 34.9. The third kappa shape index (κ3) is 6.74. The summed E-state index contributed by atoms with van der Waals surface area (Å²) in [5, 5.41) is 10.1. The molecule has 1 aromatic heterocycles. The molecule has 3 aromatic rings. The number of benzene rings is 2. The van der Waals surface area contributed by atoms with Crippen molar-refractivity contribution in [2.45, 2.75) is 51.4 Å². The summed E-state index contributed by atoms with van der Waals surface area (Å²) in [6.45, 7) is 8.46. The highest BCUT2D eigenvalue weighted by Gasteiger charge is 2.26. The van der Waals surface area contributed by atoms with Crippen molar-refractivity contribution in [2.75, 3.05) is 12.9 Å². The van der Waals surface area contributed by atoms with E-state index in [9.17, 15) is 13.7 Å². The molecule has 1 heterocycles. The van der Waals surface area contributed by atoms with Gasteiger partial charge in [0.05, 0.1) is 22.9 Å². The first-order chi connectivity index (χ1) is 16.9. The Morgan fingerprint density at radius 3 is 2.44 bits per heavy atom. The van der Waals surface area contributed by atoms with Gasteiger partial charge in [0.2, 0.25) is 0 Å². The Hall–Kier alpha value is -3.15. The molecule has 0 N–H and O–H groups in total. The fourth-order valence-electron chi connectivity index (χ4n) is 3.71. The molecule has 0 spiro atoms. The average molecular weight is 528 g/mol. The van der Waals surface area contributed by atoms with Crippen LogP contribution in [0.25, 0.3) is 0 Å². The molecule has 1 atom stereocenters. The van der Waals surface area contributed by atoms with Crippen molar-refractivity contribution < 1.29 is 17.9 Å². The summed E-state index contributed by atoms with van der Waals surface area (Å²) >= 11 is 6.49. The Kier molecular flexibility index (Phi) is 8.59. The number of aromatic nitrogens is 2. The van der Waals surface area contributed by atoms with Gasteiger partial charge in [0.1, 0.15) is 29.5 Å². The van der Waals surface area contributed by atoms with Crippen molar-refractivity contribution in [2.24, 2.45) is 0 Å². The SMILES string of the molecule is CCCOc1c(Cl)cc(C(C)(C)c2ccc(O[C@H](C)c3ccnc(CS(C)(=O)=O)n3)cc2)cc1C#N. The Balaban J connectivity index is 1.80. The van der Waals surface area contributed by atoms with E-state index in [1.165, 1.54) is 6.20 Å². The monoisotopic (exact) mass is 527 g/mol. The van der Waals surface area contributed by atoms with Crippen LogP contribution in [0.15, 0.2) is 48.7 Å². The van der Waals surface area contributed by atoms with Gasteiger partial charge in [-0.3, -0.25) is 0 Å². The summed E-state index contributed by atoms with van der Waals surface area (Å²) in [6.07, 6.45) is 3.10. The number of hydrogen-bond donors (Lipinski definition) is 0. The lowest BCUT2D eigenvalue weighted by molar-refractivity contribution is 0.221. The number of nitriles is 1. The summed E-state index contributed by atoms with van der Waals surface area (Å²) in [5.41, 5.74) is 2.48. The van der Waals surface area contributed by atoms with Crippen molar-refractivity contribution in [3.05, 3.63) is 81.9 Å². The molecule has 0 fully saturated rings. The highest BCUT2D eigenvalue weighted by Crippen LogP contribution is 2.38. The van der Waals surface area contributed by atoms with Crippen molar-refractivity contribution in [1.29, 1.82) is 5.26 Å². The van der Waals surface area contributed by atoms with E-state index in [1.807, 2.05) is 50.2 Å². The lowest BCUT2D eigenvalue weighted by Crippen LogP contribution is -2.19. The summed E-state index contributed by atoms with van der Waals surface area (Å²) in [4.78, 5) is 8.37. The quantitative estimate of drug-likeness (QED) is 0.328. The van der Waals surface area contributed by atoms with Crippen LogP contribution in [0, 0.1) is 11.3 Å². The number of rotatable bonds is 10. The normalized spacial score (nSPS) is 12.6. The molecule has 0 aliphatic heterocycles. The summed E-state index contributed by atoms with van der Waals surface area (Å²) in [6, 6.07) is 15.3. The minimum Gasteiger partial charge on any atom is -0.491 e. The van der Waals surface area contributed by atoms with E-state index in [-0.39, 0.29) is 11.6 Å². The van der Waals surface area contributed by atoms with E-state index < -0.39 is 21.4 Å². The van der Waals surface area contributed by atoms with E-state index in [0.717, 1.165) is 23.8 Å². The lowest BCUT2D eigenvalue weighted by Gasteiger charge is -2.27. The molecule has 0 aliphatic rings. The predicted octanol–water partition coefficient (Wildman–Crippen LogP) is 5.80. The maximum Gasteiger partial charge on any atom is 0.155 e. The van der Waals surface area contributed by atoms with Crippen LogP contribution in [0.4, 0.5) is 0 Å². The molecular formula is C27H30ClN3O4S. The smallest absolute Gasteiger partial charge is 0.155 e. The van der Waals surface area contributed by atoms with Crippen LogP contribution in [-0.2, 0) is 21.0 Å². The zero-order valence-corrected chi connectivity index (χ0v) is 22.7. The molecule has 190 valence electrons. The first kappa shape index (κ1) is 27.4. The fraction of sp³-hybridized carbons (Fsp3) is 0.370. The number of hydrogen-bond acceptors (Lipinski definition) is 7. The average Bonchev–Trinajstić information content (AvgIpc) is 2.82. The van der Waals surface area contributed by atoms with Gasteiger partial charge in [0.25, 0.3) is 0 Å². The molecule has 0 saturated heterocycles. The second-order valence-electron chi connectivity index (χ2n) is 9.17. The molecular weight excluding hydrogens is 498 g/mol. The van der Waals surface area contributed by atoms with Gasteiger partial charge in [-0.05, 0) is 54.8 Å². The van der Waals surface area contributed by atoms with Gasteiger partial charge in [-0.25, -0.2) is 18.4 Å². The molecule has 3 rings (SSSR count). The highest BCUT2D eigenvalue weighted by molar-refractivity contribution is 7.89. The molecule has 0 saturated carbocycles. The lowest BCUT2D eigenvalue weighted by atomic mass is 9.77. The minimum absolute atomic E-state index is 0.222. The van der Waals surface area contributed by atoms with Gasteiger partial charge in [-0.1, -0.05) is 44.5 Å². The number of sulfone groups is 1. The van der Waals surface area contributed by atoms with Crippen molar-refractivity contribution in [3.63, 3.8) is 0 Å². The first-order valence-corrected chi connectivity index (χ1v) is 14.0. The molecule has 7 nitrogen and oxygen atoms in total. The Labute approximate surface area is 218 Å². The number of ether oxygens (including phenoxy) is 2. The molecule has 0 aliphatic carbocycles. The van der Waals surface area contributed by atoms with E-state index in [2.05, 4.69) is 29.9 Å². The fourth-order valence-corrected chi connectivity index (χ4v) is 4.60. The van der Waals surface area contributed by atoms with Crippen molar-refractivity contribution in [3.8, 4) is 17.6 Å². The standard InChI is InChI=1S/C27H30ClN3O4S/c1-6-13-34-26-19(16-29)14-21(15-23(26)28)27(3,4)20-7-9-22(10-8-20)35-18(2)24-11-12-30-25(31-24)17-36(5,32)33/h7-12,14-15,18H,6,13,17H2,1-5H3/t18-/m1/s1. The molecule has 36 heavy (non-hydrogen) atoms. The summed E-state index contributed by atoms with van der Waals surface area (Å²) in [5.74, 6) is 1.08. The highest BCUT2D eigenvalue weighted by atomic mass is 35.5. The van der Waals surface area contributed by atoms with E-state index in [0.29, 0.717) is 34.4 Å². The maximum atomic E-state index is 11.6. The maximum absolute atomic E-state index is 11.6. The van der Waals surface area contributed by atoms with Crippen LogP contribution < -0.4 is 9.47 Å². The Morgan fingerprint density at radius 1 is 1.14 bits per heavy atom.